The second-order valence-corrected chi connectivity index (χ2v) is 6.04. The quantitative estimate of drug-likeness (QED) is 0.880. The van der Waals surface area contributed by atoms with Crippen LogP contribution in [0, 0.1) is 5.92 Å². The first-order valence-electron chi connectivity index (χ1n) is 7.85. The number of aliphatic hydroxyl groups is 1. The van der Waals surface area contributed by atoms with Gasteiger partial charge in [-0.05, 0) is 29.7 Å². The minimum Gasteiger partial charge on any atom is -0.454 e. The number of benzene rings is 1. The van der Waals surface area contributed by atoms with Gasteiger partial charge in [-0.1, -0.05) is 19.9 Å². The van der Waals surface area contributed by atoms with E-state index in [9.17, 15) is 9.90 Å². The molecule has 0 radical (unpaired) electrons. The average molecular weight is 328 g/mol. The highest BCUT2D eigenvalue weighted by atomic mass is 16.7. The van der Waals surface area contributed by atoms with Gasteiger partial charge in [0, 0.05) is 18.0 Å². The Morgan fingerprint density at radius 2 is 2.00 bits per heavy atom. The van der Waals surface area contributed by atoms with Gasteiger partial charge >= 0.3 is 0 Å². The Hall–Kier alpha value is -2.60. The van der Waals surface area contributed by atoms with Crippen LogP contribution in [0.1, 0.15) is 24.2 Å². The molecule has 2 heterocycles. The molecule has 0 fully saturated rings. The van der Waals surface area contributed by atoms with Gasteiger partial charge in [0.2, 0.25) is 6.79 Å². The van der Waals surface area contributed by atoms with Gasteiger partial charge < -0.3 is 19.9 Å². The van der Waals surface area contributed by atoms with Gasteiger partial charge in [0.25, 0.3) is 5.91 Å². The molecule has 3 rings (SSSR count). The van der Waals surface area contributed by atoms with Crippen molar-refractivity contribution in [2.75, 3.05) is 13.4 Å². The van der Waals surface area contributed by atoms with Gasteiger partial charge in [0.05, 0.1) is 18.2 Å². The topological polar surface area (TPSA) is 80.7 Å². The molecule has 6 nitrogen and oxygen atoms in total. The molecule has 6 heteroatoms. The molecule has 2 aromatic rings. The molecular formula is C18H20N2O4. The highest BCUT2D eigenvalue weighted by Gasteiger charge is 2.18. The molecule has 1 amide bonds. The number of fused-ring (bicyclic) bond motifs is 1. The first-order chi connectivity index (χ1) is 11.6. The Labute approximate surface area is 140 Å². The van der Waals surface area contributed by atoms with Crippen molar-refractivity contribution in [3.8, 4) is 22.6 Å². The summed E-state index contributed by atoms with van der Waals surface area (Å²) in [6.45, 7) is 4.01. The van der Waals surface area contributed by atoms with Crippen LogP contribution in [0.15, 0.2) is 36.7 Å². The largest absolute Gasteiger partial charge is 0.454 e. The molecule has 1 aliphatic heterocycles. The Bertz CT molecular complexity index is 746. The van der Waals surface area contributed by atoms with Crippen LogP contribution in [-0.2, 0) is 0 Å². The molecule has 2 N–H and O–H groups in total. The van der Waals surface area contributed by atoms with Crippen molar-refractivity contribution >= 4 is 5.91 Å². The summed E-state index contributed by atoms with van der Waals surface area (Å²) in [4.78, 5) is 16.5. The number of rotatable bonds is 5. The van der Waals surface area contributed by atoms with Gasteiger partial charge in [-0.25, -0.2) is 0 Å². The maximum atomic E-state index is 12.4. The first kappa shape index (κ1) is 16.3. The van der Waals surface area contributed by atoms with E-state index in [1.807, 2.05) is 32.0 Å². The van der Waals surface area contributed by atoms with Crippen LogP contribution in [0.5, 0.6) is 11.5 Å². The molecule has 1 aromatic heterocycles. The number of pyridine rings is 1. The van der Waals surface area contributed by atoms with Crippen LogP contribution in [0.4, 0.5) is 0 Å². The predicted octanol–water partition coefficient (Wildman–Crippen LogP) is 2.22. The van der Waals surface area contributed by atoms with Crippen LogP contribution in [-0.4, -0.2) is 35.4 Å². The van der Waals surface area contributed by atoms with Gasteiger partial charge in [-0.15, -0.1) is 0 Å². The maximum Gasteiger partial charge on any atom is 0.253 e. The third-order valence-corrected chi connectivity index (χ3v) is 4.02. The summed E-state index contributed by atoms with van der Waals surface area (Å²) >= 11 is 0. The zero-order valence-electron chi connectivity index (χ0n) is 13.7. The van der Waals surface area contributed by atoms with Crippen LogP contribution in [0.2, 0.25) is 0 Å². The second-order valence-electron chi connectivity index (χ2n) is 6.04. The van der Waals surface area contributed by atoms with Crippen molar-refractivity contribution in [1.29, 1.82) is 0 Å². The minimum atomic E-state index is -0.285. The maximum absolute atomic E-state index is 12.4. The number of ether oxygens (including phenoxy) is 2. The average Bonchev–Trinajstić information content (AvgIpc) is 3.07. The van der Waals surface area contributed by atoms with Crippen LogP contribution in [0.25, 0.3) is 11.1 Å². The number of aromatic nitrogens is 1. The van der Waals surface area contributed by atoms with Crippen LogP contribution in [0.3, 0.4) is 0 Å². The summed E-state index contributed by atoms with van der Waals surface area (Å²) in [6, 6.07) is 7.09. The monoisotopic (exact) mass is 328 g/mol. The SMILES string of the molecule is CC(C)C(CO)NC(=O)c1cncc(-c2ccc3c(c2)OCO3)c1. The van der Waals surface area contributed by atoms with E-state index in [4.69, 9.17) is 9.47 Å². The van der Waals surface area contributed by atoms with Crippen LogP contribution < -0.4 is 14.8 Å². The predicted molar refractivity (Wildman–Crippen MR) is 89.0 cm³/mol. The molecule has 1 atom stereocenters. The summed E-state index contributed by atoms with van der Waals surface area (Å²) in [7, 11) is 0. The van der Waals surface area contributed by atoms with E-state index in [0.29, 0.717) is 17.1 Å². The third-order valence-electron chi connectivity index (χ3n) is 4.02. The lowest BCUT2D eigenvalue weighted by Gasteiger charge is -2.19. The minimum absolute atomic E-state index is 0.0985. The first-order valence-corrected chi connectivity index (χ1v) is 7.85. The summed E-state index contributed by atoms with van der Waals surface area (Å²) in [6.07, 6.45) is 3.21. The molecule has 0 spiro atoms. The number of carbonyl (C=O) groups is 1. The Kier molecular flexibility index (Phi) is 4.66. The van der Waals surface area contributed by atoms with Gasteiger partial charge in [-0.2, -0.15) is 0 Å². The molecular weight excluding hydrogens is 308 g/mol. The lowest BCUT2D eigenvalue weighted by molar-refractivity contribution is 0.0896. The molecule has 0 bridgehead atoms. The number of hydrogen-bond acceptors (Lipinski definition) is 5. The molecule has 126 valence electrons. The highest BCUT2D eigenvalue weighted by Crippen LogP contribution is 2.35. The number of carbonyl (C=O) groups excluding carboxylic acids is 1. The number of nitrogens with zero attached hydrogens (tertiary/aromatic N) is 1. The van der Waals surface area contributed by atoms with Crippen molar-refractivity contribution < 1.29 is 19.4 Å². The molecule has 0 aliphatic carbocycles. The van der Waals surface area contributed by atoms with Gasteiger partial charge in [0.15, 0.2) is 11.5 Å². The summed E-state index contributed by atoms with van der Waals surface area (Å²) in [5, 5.41) is 12.2. The Balaban J connectivity index is 1.82. The fourth-order valence-electron chi connectivity index (χ4n) is 2.47. The van der Waals surface area contributed by atoms with E-state index in [-0.39, 0.29) is 31.3 Å². The summed E-state index contributed by atoms with van der Waals surface area (Å²) < 4.78 is 10.7. The fourth-order valence-corrected chi connectivity index (χ4v) is 2.47. The van der Waals surface area contributed by atoms with E-state index in [2.05, 4.69) is 10.3 Å². The van der Waals surface area contributed by atoms with E-state index in [1.165, 1.54) is 6.20 Å². The normalized spacial score (nSPS) is 13.8. The van der Waals surface area contributed by atoms with Crippen LogP contribution >= 0.6 is 0 Å². The molecule has 24 heavy (non-hydrogen) atoms. The number of nitrogens with one attached hydrogen (secondary N) is 1. The van der Waals surface area contributed by atoms with Crippen molar-refractivity contribution in [3.05, 3.63) is 42.2 Å². The van der Waals surface area contributed by atoms with Crippen molar-refractivity contribution in [3.63, 3.8) is 0 Å². The highest BCUT2D eigenvalue weighted by molar-refractivity contribution is 5.95. The van der Waals surface area contributed by atoms with Crippen molar-refractivity contribution in [2.24, 2.45) is 5.92 Å². The summed E-state index contributed by atoms with van der Waals surface area (Å²) in [5.41, 5.74) is 2.15. The molecule has 1 unspecified atom stereocenters. The Morgan fingerprint density at radius 3 is 2.75 bits per heavy atom. The Morgan fingerprint density at radius 1 is 1.21 bits per heavy atom. The zero-order valence-corrected chi connectivity index (χ0v) is 13.7. The zero-order chi connectivity index (χ0) is 17.1. The van der Waals surface area contributed by atoms with E-state index < -0.39 is 0 Å². The van der Waals surface area contributed by atoms with Crippen molar-refractivity contribution in [1.82, 2.24) is 10.3 Å². The fraction of sp³-hybridized carbons (Fsp3) is 0.333. The molecule has 1 aliphatic rings. The third kappa shape index (κ3) is 3.33. The van der Waals surface area contributed by atoms with E-state index >= 15 is 0 Å². The number of hydrogen-bond donors (Lipinski definition) is 2. The number of amides is 1. The number of aliphatic hydroxyl groups excluding tert-OH is 1. The molecule has 0 saturated heterocycles. The lowest BCUT2D eigenvalue weighted by Crippen LogP contribution is -2.41. The van der Waals surface area contributed by atoms with E-state index in [0.717, 1.165) is 11.1 Å². The van der Waals surface area contributed by atoms with E-state index in [1.54, 1.807) is 12.3 Å². The molecule has 1 aromatic carbocycles. The van der Waals surface area contributed by atoms with Gasteiger partial charge in [0.1, 0.15) is 0 Å². The second kappa shape index (κ2) is 6.88. The smallest absolute Gasteiger partial charge is 0.253 e. The van der Waals surface area contributed by atoms with Crippen molar-refractivity contribution in [2.45, 2.75) is 19.9 Å². The lowest BCUT2D eigenvalue weighted by atomic mass is 10.0. The molecule has 0 saturated carbocycles. The van der Waals surface area contributed by atoms with Gasteiger partial charge in [-0.3, -0.25) is 9.78 Å². The standard InChI is InChI=1S/C18H20N2O4/c1-11(2)15(9-21)20-18(22)14-5-13(7-19-8-14)12-3-4-16-17(6-12)24-10-23-16/h3-8,11,15,21H,9-10H2,1-2H3,(H,20,22). The summed E-state index contributed by atoms with van der Waals surface area (Å²) in [5.74, 6) is 1.28.